The summed E-state index contributed by atoms with van der Waals surface area (Å²) in [5.41, 5.74) is 0.846. The topological polar surface area (TPSA) is 45.0 Å². The molecule has 0 radical (unpaired) electrons. The van der Waals surface area contributed by atoms with Crippen LogP contribution in [0.25, 0.3) is 0 Å². The van der Waals surface area contributed by atoms with Crippen molar-refractivity contribution in [2.45, 2.75) is 6.10 Å². The van der Waals surface area contributed by atoms with Crippen LogP contribution in [0.5, 0.6) is 5.75 Å². The first-order chi connectivity index (χ1) is 6.31. The molecule has 66 valence electrons. The molecule has 1 aliphatic heterocycles. The van der Waals surface area contributed by atoms with Gasteiger partial charge in [-0.15, -0.1) is 0 Å². The minimum absolute atomic E-state index is 0.451. The number of hydrogen-bond acceptors (Lipinski definition) is 3. The average molecular weight is 195 g/mol. The van der Waals surface area contributed by atoms with Crippen LogP contribution < -0.4 is 10.1 Å². The maximum absolute atomic E-state index is 8.65. The van der Waals surface area contributed by atoms with E-state index in [2.05, 4.69) is 5.32 Å². The SMILES string of the molecule is N#CC1CNc2cccc(Cl)c2O1. The molecule has 0 saturated heterocycles. The highest BCUT2D eigenvalue weighted by molar-refractivity contribution is 6.32. The zero-order chi connectivity index (χ0) is 9.26. The maximum Gasteiger partial charge on any atom is 0.201 e. The summed E-state index contributed by atoms with van der Waals surface area (Å²) < 4.78 is 5.36. The van der Waals surface area contributed by atoms with Gasteiger partial charge in [-0.2, -0.15) is 5.26 Å². The molecule has 0 spiro atoms. The number of rotatable bonds is 0. The minimum Gasteiger partial charge on any atom is -0.470 e. The number of anilines is 1. The van der Waals surface area contributed by atoms with Crippen LogP contribution in [-0.4, -0.2) is 12.6 Å². The van der Waals surface area contributed by atoms with Crippen molar-refractivity contribution in [1.29, 1.82) is 5.26 Å². The molecule has 0 bridgehead atoms. The van der Waals surface area contributed by atoms with Gasteiger partial charge in [-0.05, 0) is 12.1 Å². The Hall–Kier alpha value is -1.40. The predicted octanol–water partition coefficient (Wildman–Crippen LogP) is 2.04. The number of nitriles is 1. The molecule has 1 heterocycles. The molecule has 0 saturated carbocycles. The van der Waals surface area contributed by atoms with Crippen LogP contribution in [0.3, 0.4) is 0 Å². The van der Waals surface area contributed by atoms with Crippen molar-refractivity contribution in [2.24, 2.45) is 0 Å². The second-order valence-corrected chi connectivity index (χ2v) is 3.14. The summed E-state index contributed by atoms with van der Waals surface area (Å²) in [6, 6.07) is 7.47. The fraction of sp³-hybridized carbons (Fsp3) is 0.222. The van der Waals surface area contributed by atoms with Crippen molar-refractivity contribution in [3.63, 3.8) is 0 Å². The molecular formula is C9H7ClN2O. The zero-order valence-electron chi connectivity index (χ0n) is 6.75. The van der Waals surface area contributed by atoms with Gasteiger partial charge in [-0.1, -0.05) is 17.7 Å². The van der Waals surface area contributed by atoms with Crippen molar-refractivity contribution >= 4 is 17.3 Å². The smallest absolute Gasteiger partial charge is 0.201 e. The highest BCUT2D eigenvalue weighted by atomic mass is 35.5. The van der Waals surface area contributed by atoms with Gasteiger partial charge in [0.15, 0.2) is 5.75 Å². The molecule has 0 aliphatic carbocycles. The van der Waals surface area contributed by atoms with E-state index in [0.29, 0.717) is 17.3 Å². The summed E-state index contributed by atoms with van der Waals surface area (Å²) >= 11 is 5.89. The number of nitrogens with zero attached hydrogens (tertiary/aromatic N) is 1. The van der Waals surface area contributed by atoms with Crippen LogP contribution in [0.15, 0.2) is 18.2 Å². The molecule has 3 nitrogen and oxygen atoms in total. The highest BCUT2D eigenvalue weighted by Gasteiger charge is 2.20. The summed E-state index contributed by atoms with van der Waals surface area (Å²) in [4.78, 5) is 0. The third-order valence-corrected chi connectivity index (χ3v) is 2.15. The Bertz CT molecular complexity index is 372. The molecule has 1 aromatic rings. The number of halogens is 1. The van der Waals surface area contributed by atoms with E-state index in [1.807, 2.05) is 18.2 Å². The van der Waals surface area contributed by atoms with Gasteiger partial charge in [0, 0.05) is 0 Å². The third-order valence-electron chi connectivity index (χ3n) is 1.85. The first kappa shape index (κ1) is 8.21. The molecule has 0 fully saturated rings. The summed E-state index contributed by atoms with van der Waals surface area (Å²) in [5.74, 6) is 0.571. The molecule has 2 rings (SSSR count). The zero-order valence-corrected chi connectivity index (χ0v) is 7.51. The number of nitrogens with one attached hydrogen (secondary N) is 1. The van der Waals surface area contributed by atoms with Crippen LogP contribution in [0, 0.1) is 11.3 Å². The molecular weight excluding hydrogens is 188 g/mol. The first-order valence-corrected chi connectivity index (χ1v) is 4.27. The Morgan fingerprint density at radius 3 is 3.23 bits per heavy atom. The molecule has 13 heavy (non-hydrogen) atoms. The monoisotopic (exact) mass is 194 g/mol. The number of hydrogen-bond donors (Lipinski definition) is 1. The maximum atomic E-state index is 8.65. The molecule has 4 heteroatoms. The van der Waals surface area contributed by atoms with Crippen molar-refractivity contribution in [3.05, 3.63) is 23.2 Å². The summed E-state index contributed by atoms with van der Waals surface area (Å²) in [7, 11) is 0. The van der Waals surface area contributed by atoms with Gasteiger partial charge in [-0.25, -0.2) is 0 Å². The first-order valence-electron chi connectivity index (χ1n) is 3.90. The van der Waals surface area contributed by atoms with Crippen LogP contribution in [-0.2, 0) is 0 Å². The fourth-order valence-electron chi connectivity index (χ4n) is 1.23. The Morgan fingerprint density at radius 2 is 2.46 bits per heavy atom. The van der Waals surface area contributed by atoms with Crippen LogP contribution >= 0.6 is 11.6 Å². The van der Waals surface area contributed by atoms with E-state index in [4.69, 9.17) is 21.6 Å². The lowest BCUT2D eigenvalue weighted by Gasteiger charge is -2.23. The Kier molecular flexibility index (Phi) is 1.99. The second-order valence-electron chi connectivity index (χ2n) is 2.73. The predicted molar refractivity (Wildman–Crippen MR) is 50.0 cm³/mol. The fourth-order valence-corrected chi connectivity index (χ4v) is 1.45. The van der Waals surface area contributed by atoms with Crippen molar-refractivity contribution in [3.8, 4) is 11.8 Å². The van der Waals surface area contributed by atoms with Crippen molar-refractivity contribution in [1.82, 2.24) is 0 Å². The quantitative estimate of drug-likeness (QED) is 0.688. The number of para-hydroxylation sites is 1. The lowest BCUT2D eigenvalue weighted by Crippen LogP contribution is -2.29. The van der Waals surface area contributed by atoms with Gasteiger partial charge < -0.3 is 10.1 Å². The van der Waals surface area contributed by atoms with Crippen molar-refractivity contribution < 1.29 is 4.74 Å². The van der Waals surface area contributed by atoms with E-state index in [1.54, 1.807) is 6.07 Å². The molecule has 1 unspecified atom stereocenters. The molecule has 1 aliphatic rings. The normalized spacial score (nSPS) is 19.2. The van der Waals surface area contributed by atoms with E-state index in [0.717, 1.165) is 5.69 Å². The van der Waals surface area contributed by atoms with Gasteiger partial charge in [-0.3, -0.25) is 0 Å². The summed E-state index contributed by atoms with van der Waals surface area (Å²) in [5, 5.41) is 12.3. The van der Waals surface area contributed by atoms with E-state index < -0.39 is 6.10 Å². The largest absolute Gasteiger partial charge is 0.470 e. The molecule has 1 atom stereocenters. The number of benzene rings is 1. The van der Waals surface area contributed by atoms with Gasteiger partial charge in [0.2, 0.25) is 6.10 Å². The Balaban J connectivity index is 2.39. The van der Waals surface area contributed by atoms with Gasteiger partial charge >= 0.3 is 0 Å². The number of ether oxygens (including phenoxy) is 1. The van der Waals surface area contributed by atoms with Crippen LogP contribution in [0.4, 0.5) is 5.69 Å². The van der Waals surface area contributed by atoms with Gasteiger partial charge in [0.05, 0.1) is 17.3 Å². The molecule has 0 aromatic heterocycles. The van der Waals surface area contributed by atoms with E-state index >= 15 is 0 Å². The van der Waals surface area contributed by atoms with Crippen molar-refractivity contribution in [2.75, 3.05) is 11.9 Å². The Morgan fingerprint density at radius 1 is 1.62 bits per heavy atom. The highest BCUT2D eigenvalue weighted by Crippen LogP contribution is 2.35. The summed E-state index contributed by atoms with van der Waals surface area (Å²) in [6.07, 6.45) is -0.451. The Labute approximate surface area is 80.9 Å². The third kappa shape index (κ3) is 1.41. The summed E-state index contributed by atoms with van der Waals surface area (Å²) in [6.45, 7) is 0.504. The van der Waals surface area contributed by atoms with Gasteiger partial charge in [0.1, 0.15) is 6.07 Å². The van der Waals surface area contributed by atoms with E-state index in [9.17, 15) is 0 Å². The van der Waals surface area contributed by atoms with Crippen LogP contribution in [0.2, 0.25) is 5.02 Å². The lowest BCUT2D eigenvalue weighted by atomic mass is 10.2. The lowest BCUT2D eigenvalue weighted by molar-refractivity contribution is 0.260. The molecule has 1 aromatic carbocycles. The minimum atomic E-state index is -0.451. The second kappa shape index (κ2) is 3.15. The van der Waals surface area contributed by atoms with Crippen LogP contribution in [0.1, 0.15) is 0 Å². The average Bonchev–Trinajstić information content (AvgIpc) is 2.18. The number of fused-ring (bicyclic) bond motifs is 1. The standard InChI is InChI=1S/C9H7ClN2O/c10-7-2-1-3-8-9(7)13-6(4-11)5-12-8/h1-3,6,12H,5H2. The molecule has 1 N–H and O–H groups in total. The molecule has 0 amide bonds. The van der Waals surface area contributed by atoms with E-state index in [-0.39, 0.29) is 0 Å². The van der Waals surface area contributed by atoms with Gasteiger partial charge in [0.25, 0.3) is 0 Å². The van der Waals surface area contributed by atoms with E-state index in [1.165, 1.54) is 0 Å².